The standard InChI is InChI=1S/C14H21N3.C13H11Cl2NO2/c1-8-5-9-3-2-4-11(8)13(9)10-6-12(15)14(16)17-7-10;14-9-2-1-3-10(15)11(9)12-8(6-17)13(18-16-12)7-4-5-7/h6-9,11,13H,2-5,15H2,1H3,(H2,16,17);1-3,7,17H,4-6H2. The van der Waals surface area contributed by atoms with Crippen LogP contribution >= 0.6 is 23.2 Å². The van der Waals surface area contributed by atoms with Gasteiger partial charge in [-0.05, 0) is 79.5 Å². The number of nitrogen functional groups attached to an aromatic ring is 2. The summed E-state index contributed by atoms with van der Waals surface area (Å²) in [6.45, 7) is 2.28. The Morgan fingerprint density at radius 2 is 1.86 bits per heavy atom. The second kappa shape index (κ2) is 10.00. The fourth-order valence-corrected chi connectivity index (χ4v) is 6.73. The largest absolute Gasteiger partial charge is 0.396 e. The molecule has 3 fully saturated rings. The van der Waals surface area contributed by atoms with Crippen LogP contribution in [0.4, 0.5) is 11.5 Å². The van der Waals surface area contributed by atoms with E-state index in [2.05, 4.69) is 23.1 Å². The molecule has 4 atom stereocenters. The molecule has 3 aromatic rings. The minimum Gasteiger partial charge on any atom is -0.396 e. The predicted molar refractivity (Wildman–Crippen MR) is 140 cm³/mol. The topological polar surface area (TPSA) is 111 Å². The van der Waals surface area contributed by atoms with E-state index in [0.29, 0.717) is 50.2 Å². The van der Waals surface area contributed by atoms with E-state index in [0.717, 1.165) is 36.4 Å². The van der Waals surface area contributed by atoms with Gasteiger partial charge in [0.1, 0.15) is 17.3 Å². The first-order valence-electron chi connectivity index (χ1n) is 12.4. The van der Waals surface area contributed by atoms with Gasteiger partial charge in [0.25, 0.3) is 0 Å². The highest BCUT2D eigenvalue weighted by Gasteiger charge is 2.44. The van der Waals surface area contributed by atoms with Crippen LogP contribution in [0.2, 0.25) is 10.0 Å². The Kier molecular flexibility index (Phi) is 6.97. The highest BCUT2D eigenvalue weighted by Crippen LogP contribution is 2.55. The molecule has 3 aliphatic carbocycles. The average molecular weight is 515 g/mol. The lowest BCUT2D eigenvalue weighted by Crippen LogP contribution is -2.20. The van der Waals surface area contributed by atoms with Gasteiger partial charge in [-0.1, -0.05) is 47.8 Å². The van der Waals surface area contributed by atoms with Gasteiger partial charge in [-0.25, -0.2) is 4.98 Å². The summed E-state index contributed by atoms with van der Waals surface area (Å²) in [7, 11) is 0. The van der Waals surface area contributed by atoms with Crippen molar-refractivity contribution in [3.8, 4) is 11.3 Å². The van der Waals surface area contributed by atoms with E-state index in [9.17, 15) is 5.11 Å². The van der Waals surface area contributed by atoms with E-state index in [-0.39, 0.29) is 6.61 Å². The molecule has 0 spiro atoms. The number of fused-ring (bicyclic) bond motifs is 2. The summed E-state index contributed by atoms with van der Waals surface area (Å²) in [6, 6.07) is 7.32. The number of halogens is 2. The highest BCUT2D eigenvalue weighted by atomic mass is 35.5. The van der Waals surface area contributed by atoms with Crippen molar-refractivity contribution in [1.29, 1.82) is 0 Å². The molecule has 6 rings (SSSR count). The lowest BCUT2D eigenvalue weighted by molar-refractivity contribution is 0.277. The number of aromatic nitrogens is 2. The Bertz CT molecular complexity index is 1190. The summed E-state index contributed by atoms with van der Waals surface area (Å²) in [6.07, 6.45) is 9.62. The number of anilines is 2. The van der Waals surface area contributed by atoms with Crippen molar-refractivity contribution in [3.63, 3.8) is 0 Å². The second-order valence-corrected chi connectivity index (χ2v) is 11.1. The van der Waals surface area contributed by atoms with Crippen molar-refractivity contribution in [2.45, 2.75) is 63.9 Å². The quantitative estimate of drug-likeness (QED) is 0.352. The molecule has 2 heterocycles. The van der Waals surface area contributed by atoms with Gasteiger partial charge in [-0.15, -0.1) is 0 Å². The van der Waals surface area contributed by atoms with Gasteiger partial charge in [0, 0.05) is 23.2 Å². The average Bonchev–Trinajstić information content (AvgIpc) is 3.56. The molecule has 186 valence electrons. The first-order chi connectivity index (χ1) is 16.9. The fraction of sp³-hybridized carbons (Fsp3) is 0.481. The number of hydrogen-bond acceptors (Lipinski definition) is 6. The van der Waals surface area contributed by atoms with Crippen LogP contribution in [-0.2, 0) is 6.61 Å². The van der Waals surface area contributed by atoms with E-state index in [1.165, 1.54) is 31.2 Å². The maximum absolute atomic E-state index is 9.52. The third-order valence-corrected chi connectivity index (χ3v) is 8.60. The van der Waals surface area contributed by atoms with Gasteiger partial charge in [0.15, 0.2) is 0 Å². The van der Waals surface area contributed by atoms with Crippen LogP contribution in [0.25, 0.3) is 11.3 Å². The minimum absolute atomic E-state index is 0.119. The second-order valence-electron chi connectivity index (χ2n) is 10.2. The van der Waals surface area contributed by atoms with Gasteiger partial charge in [-0.2, -0.15) is 0 Å². The summed E-state index contributed by atoms with van der Waals surface area (Å²) in [4.78, 5) is 4.23. The summed E-state index contributed by atoms with van der Waals surface area (Å²) >= 11 is 12.3. The molecule has 2 aromatic heterocycles. The third-order valence-electron chi connectivity index (χ3n) is 7.97. The van der Waals surface area contributed by atoms with Crippen LogP contribution in [0.15, 0.2) is 35.0 Å². The predicted octanol–water partition coefficient (Wildman–Crippen LogP) is 6.80. The van der Waals surface area contributed by atoms with Gasteiger partial charge in [0.05, 0.1) is 22.3 Å². The van der Waals surface area contributed by atoms with Crippen LogP contribution < -0.4 is 11.5 Å². The Labute approximate surface area is 216 Å². The first-order valence-corrected chi connectivity index (χ1v) is 13.2. The van der Waals surface area contributed by atoms with Crippen LogP contribution in [0.1, 0.15) is 74.2 Å². The van der Waals surface area contributed by atoms with Crippen molar-refractivity contribution in [2.24, 2.45) is 17.8 Å². The van der Waals surface area contributed by atoms with E-state index < -0.39 is 0 Å². The first kappa shape index (κ1) is 24.4. The van der Waals surface area contributed by atoms with E-state index >= 15 is 0 Å². The monoisotopic (exact) mass is 514 g/mol. The fourth-order valence-electron chi connectivity index (χ4n) is 6.15. The molecule has 1 aromatic carbocycles. The Balaban J connectivity index is 0.000000145. The Morgan fingerprint density at radius 3 is 2.49 bits per heavy atom. The summed E-state index contributed by atoms with van der Waals surface area (Å²) in [5.41, 5.74) is 15.4. The van der Waals surface area contributed by atoms with Crippen LogP contribution in [0, 0.1) is 17.8 Å². The number of benzene rings is 1. The molecule has 0 saturated heterocycles. The maximum Gasteiger partial charge on any atom is 0.146 e. The van der Waals surface area contributed by atoms with E-state index in [1.54, 1.807) is 18.2 Å². The van der Waals surface area contributed by atoms with Gasteiger partial charge >= 0.3 is 0 Å². The summed E-state index contributed by atoms with van der Waals surface area (Å²) in [5.74, 6) is 4.82. The number of pyridine rings is 1. The van der Waals surface area contributed by atoms with Crippen molar-refractivity contribution in [1.82, 2.24) is 10.1 Å². The van der Waals surface area contributed by atoms with Crippen molar-refractivity contribution >= 4 is 34.7 Å². The molecule has 2 bridgehead atoms. The smallest absolute Gasteiger partial charge is 0.146 e. The molecule has 35 heavy (non-hydrogen) atoms. The molecule has 5 N–H and O–H groups in total. The highest BCUT2D eigenvalue weighted by molar-refractivity contribution is 6.39. The SMILES string of the molecule is CC1CC2CCCC1C2c1cnc(N)c(N)c1.OCc1c(-c2c(Cl)cccc2Cl)noc1C1CC1. The van der Waals surface area contributed by atoms with Crippen molar-refractivity contribution in [2.75, 3.05) is 11.5 Å². The maximum atomic E-state index is 9.52. The zero-order chi connectivity index (χ0) is 24.7. The molecule has 0 amide bonds. The lowest BCUT2D eigenvalue weighted by Gasteiger charge is -2.31. The molecule has 4 unspecified atom stereocenters. The van der Waals surface area contributed by atoms with Crippen molar-refractivity contribution in [3.05, 3.63) is 57.4 Å². The summed E-state index contributed by atoms with van der Waals surface area (Å²) < 4.78 is 5.35. The number of aliphatic hydroxyl groups is 1. The van der Waals surface area contributed by atoms with E-state index in [4.69, 9.17) is 39.2 Å². The van der Waals surface area contributed by atoms with Gasteiger partial charge in [-0.3, -0.25) is 0 Å². The summed E-state index contributed by atoms with van der Waals surface area (Å²) in [5, 5.41) is 14.6. The van der Waals surface area contributed by atoms with E-state index in [1.807, 2.05) is 6.20 Å². The number of aliphatic hydroxyl groups excluding tert-OH is 1. The molecule has 6 nitrogen and oxygen atoms in total. The molecule has 8 heteroatoms. The zero-order valence-corrected chi connectivity index (χ0v) is 21.4. The number of nitrogens with zero attached hydrogens (tertiary/aromatic N) is 2. The molecular weight excluding hydrogens is 483 g/mol. The number of nitrogens with two attached hydrogens (primary N) is 2. The minimum atomic E-state index is -0.119. The normalized spacial score (nSPS) is 25.3. The number of hydrogen-bond donors (Lipinski definition) is 3. The van der Waals surface area contributed by atoms with Crippen LogP contribution in [0.3, 0.4) is 0 Å². The Morgan fingerprint density at radius 1 is 1.11 bits per heavy atom. The van der Waals surface area contributed by atoms with Crippen molar-refractivity contribution < 1.29 is 9.63 Å². The zero-order valence-electron chi connectivity index (χ0n) is 19.9. The third kappa shape index (κ3) is 4.76. The lowest BCUT2D eigenvalue weighted by atomic mass is 9.74. The number of rotatable bonds is 4. The van der Waals surface area contributed by atoms with Crippen LogP contribution in [0.5, 0.6) is 0 Å². The molecule has 3 saturated carbocycles. The van der Waals surface area contributed by atoms with Crippen LogP contribution in [-0.4, -0.2) is 15.2 Å². The molecule has 0 aliphatic heterocycles. The molecule has 3 aliphatic rings. The Hall–Kier alpha value is -2.28. The van der Waals surface area contributed by atoms with Gasteiger partial charge in [0.2, 0.25) is 0 Å². The van der Waals surface area contributed by atoms with Gasteiger partial charge < -0.3 is 21.1 Å². The molecular formula is C27H32Cl2N4O2. The molecule has 0 radical (unpaired) electrons.